The Morgan fingerprint density at radius 2 is 2.28 bits per heavy atom. The van der Waals surface area contributed by atoms with Gasteiger partial charge in [-0.2, -0.15) is 0 Å². The third kappa shape index (κ3) is 5.07. The number of thiophene rings is 1. The van der Waals surface area contributed by atoms with Gasteiger partial charge in [0.2, 0.25) is 11.1 Å². The summed E-state index contributed by atoms with van der Waals surface area (Å²) in [6.45, 7) is 2.34. The molecule has 0 bridgehead atoms. The van der Waals surface area contributed by atoms with Gasteiger partial charge < -0.3 is 9.32 Å². The van der Waals surface area contributed by atoms with Crippen LogP contribution < -0.4 is 0 Å². The number of nitrogens with one attached hydrogen (secondary N) is 1. The second kappa shape index (κ2) is 8.17. The minimum absolute atomic E-state index is 0.000435. The normalized spacial score (nSPS) is 11.3. The van der Waals surface area contributed by atoms with Gasteiger partial charge in [0.15, 0.2) is 0 Å². The number of H-pyrrole nitrogens is 1. The van der Waals surface area contributed by atoms with E-state index in [4.69, 9.17) is 4.42 Å². The van der Waals surface area contributed by atoms with E-state index < -0.39 is 0 Å². The van der Waals surface area contributed by atoms with Crippen LogP contribution in [0.2, 0.25) is 0 Å². The van der Waals surface area contributed by atoms with E-state index in [2.05, 4.69) is 15.2 Å². The summed E-state index contributed by atoms with van der Waals surface area (Å²) in [7, 11) is 1.76. The number of aromatic amines is 1. The Morgan fingerprint density at radius 3 is 3.00 bits per heavy atom. The van der Waals surface area contributed by atoms with Crippen molar-refractivity contribution in [3.8, 4) is 0 Å². The largest absolute Gasteiger partial charge is 0.464 e. The lowest BCUT2D eigenvalue weighted by molar-refractivity contribution is -0.127. The van der Waals surface area contributed by atoms with Gasteiger partial charge in [-0.05, 0) is 42.7 Å². The summed E-state index contributed by atoms with van der Waals surface area (Å²) in [6, 6.07) is 7.80. The molecule has 0 fully saturated rings. The fourth-order valence-corrected chi connectivity index (χ4v) is 3.44. The summed E-state index contributed by atoms with van der Waals surface area (Å²) < 4.78 is 5.49. The van der Waals surface area contributed by atoms with Gasteiger partial charge in [0.05, 0.1) is 12.3 Å². The van der Waals surface area contributed by atoms with Crippen LogP contribution in [0.25, 0.3) is 12.2 Å². The molecular formula is C17H18N4O2S2. The summed E-state index contributed by atoms with van der Waals surface area (Å²) in [4.78, 5) is 19.3. The first-order valence-corrected chi connectivity index (χ1v) is 9.53. The lowest BCUT2D eigenvalue weighted by Crippen LogP contribution is -2.27. The predicted octanol–water partition coefficient (Wildman–Crippen LogP) is 3.69. The molecule has 0 saturated carbocycles. The van der Waals surface area contributed by atoms with Crippen LogP contribution in [0.15, 0.2) is 39.2 Å². The summed E-state index contributed by atoms with van der Waals surface area (Å²) >= 11 is 2.97. The molecule has 8 heteroatoms. The lowest BCUT2D eigenvalue weighted by atomic mass is 10.4. The monoisotopic (exact) mass is 374 g/mol. The Labute approximate surface area is 154 Å². The Bertz CT molecular complexity index is 852. The first-order chi connectivity index (χ1) is 12.1. The van der Waals surface area contributed by atoms with Crippen molar-refractivity contribution in [2.24, 2.45) is 0 Å². The summed E-state index contributed by atoms with van der Waals surface area (Å²) in [6.07, 6.45) is 3.85. The van der Waals surface area contributed by atoms with Crippen LogP contribution in [0, 0.1) is 6.92 Å². The molecule has 0 saturated heterocycles. The molecular weight excluding hydrogens is 356 g/mol. The highest BCUT2D eigenvalue weighted by atomic mass is 32.2. The third-order valence-corrected chi connectivity index (χ3v) is 5.04. The van der Waals surface area contributed by atoms with Gasteiger partial charge in [-0.25, -0.2) is 4.98 Å². The van der Waals surface area contributed by atoms with E-state index in [1.165, 1.54) is 11.8 Å². The van der Waals surface area contributed by atoms with Crippen LogP contribution in [0.4, 0.5) is 0 Å². The molecule has 3 aromatic heterocycles. The number of amides is 1. The maximum Gasteiger partial charge on any atom is 0.233 e. The zero-order valence-electron chi connectivity index (χ0n) is 13.9. The van der Waals surface area contributed by atoms with Crippen molar-refractivity contribution in [3.63, 3.8) is 0 Å². The van der Waals surface area contributed by atoms with Crippen molar-refractivity contribution in [3.05, 3.63) is 51.9 Å². The van der Waals surface area contributed by atoms with Crippen molar-refractivity contribution in [2.45, 2.75) is 18.6 Å². The van der Waals surface area contributed by atoms with E-state index >= 15 is 0 Å². The zero-order chi connectivity index (χ0) is 17.6. The average molecular weight is 374 g/mol. The number of aromatic nitrogens is 3. The molecule has 0 aliphatic carbocycles. The number of rotatable bonds is 7. The van der Waals surface area contributed by atoms with E-state index in [1.54, 1.807) is 23.3 Å². The second-order valence-corrected chi connectivity index (χ2v) is 7.32. The van der Waals surface area contributed by atoms with Crippen LogP contribution in [0.5, 0.6) is 0 Å². The molecule has 1 N–H and O–H groups in total. The SMILES string of the molecule is Cc1ccc(CN(C)C(=O)CSc2n[nH]c(/C=C/c3cccs3)n2)o1. The molecule has 0 atom stereocenters. The average Bonchev–Trinajstić information content (AvgIpc) is 3.33. The first-order valence-electron chi connectivity index (χ1n) is 7.66. The smallest absolute Gasteiger partial charge is 0.233 e. The highest BCUT2D eigenvalue weighted by molar-refractivity contribution is 7.99. The Kier molecular flexibility index (Phi) is 5.72. The van der Waals surface area contributed by atoms with Gasteiger partial charge in [0.1, 0.15) is 17.3 Å². The minimum Gasteiger partial charge on any atom is -0.464 e. The summed E-state index contributed by atoms with van der Waals surface area (Å²) in [5.74, 6) is 2.57. The number of hydrogen-bond acceptors (Lipinski definition) is 6. The standard InChI is InChI=1S/C17H18N4O2S2/c1-12-5-6-13(23-12)10-21(2)16(22)11-25-17-18-15(19-20-17)8-7-14-4-3-9-24-14/h3-9H,10-11H2,1-2H3,(H,18,19,20)/b8-7+. The molecule has 0 unspecified atom stereocenters. The summed E-state index contributed by atoms with van der Waals surface area (Å²) in [5, 5.41) is 9.56. The molecule has 0 radical (unpaired) electrons. The fraction of sp³-hybridized carbons (Fsp3) is 0.235. The van der Waals surface area contributed by atoms with Crippen molar-refractivity contribution < 1.29 is 9.21 Å². The number of nitrogens with zero attached hydrogens (tertiary/aromatic N) is 3. The molecule has 6 nitrogen and oxygen atoms in total. The first kappa shape index (κ1) is 17.5. The molecule has 3 rings (SSSR count). The van der Waals surface area contributed by atoms with Gasteiger partial charge in [-0.1, -0.05) is 17.8 Å². The van der Waals surface area contributed by atoms with Crippen molar-refractivity contribution in [2.75, 3.05) is 12.8 Å². The Hall–Kier alpha value is -2.32. The van der Waals surface area contributed by atoms with Gasteiger partial charge in [0.25, 0.3) is 0 Å². The maximum atomic E-state index is 12.2. The third-order valence-electron chi connectivity index (χ3n) is 3.37. The Balaban J connectivity index is 1.48. The number of carbonyl (C=O) groups excluding carboxylic acids is 1. The predicted molar refractivity (Wildman–Crippen MR) is 100 cm³/mol. The number of hydrogen-bond donors (Lipinski definition) is 1. The molecule has 1 amide bonds. The lowest BCUT2D eigenvalue weighted by Gasteiger charge is -2.14. The molecule has 0 spiro atoms. The number of aryl methyl sites for hydroxylation is 1. The minimum atomic E-state index is -0.000435. The van der Waals surface area contributed by atoms with Crippen molar-refractivity contribution in [1.29, 1.82) is 0 Å². The molecule has 3 heterocycles. The van der Waals surface area contributed by atoms with Gasteiger partial charge in [-0.15, -0.1) is 16.4 Å². The van der Waals surface area contributed by atoms with Crippen LogP contribution in [-0.4, -0.2) is 38.8 Å². The molecule has 130 valence electrons. The zero-order valence-corrected chi connectivity index (χ0v) is 15.6. The van der Waals surface area contributed by atoms with Gasteiger partial charge in [0, 0.05) is 11.9 Å². The highest BCUT2D eigenvalue weighted by Crippen LogP contribution is 2.16. The highest BCUT2D eigenvalue weighted by Gasteiger charge is 2.13. The van der Waals surface area contributed by atoms with Crippen LogP contribution in [0.1, 0.15) is 22.2 Å². The Morgan fingerprint density at radius 1 is 1.40 bits per heavy atom. The topological polar surface area (TPSA) is 75.0 Å². The number of furan rings is 1. The van der Waals surface area contributed by atoms with Gasteiger partial charge >= 0.3 is 0 Å². The maximum absolute atomic E-state index is 12.2. The van der Waals surface area contributed by atoms with Crippen LogP contribution in [0.3, 0.4) is 0 Å². The molecule has 0 aliphatic rings. The molecule has 0 aromatic carbocycles. The second-order valence-electron chi connectivity index (χ2n) is 5.40. The number of carbonyl (C=O) groups is 1. The van der Waals surface area contributed by atoms with E-state index in [9.17, 15) is 4.79 Å². The molecule has 25 heavy (non-hydrogen) atoms. The molecule has 0 aliphatic heterocycles. The van der Waals surface area contributed by atoms with Crippen LogP contribution >= 0.6 is 23.1 Å². The number of thioether (sulfide) groups is 1. The van der Waals surface area contributed by atoms with E-state index in [0.29, 0.717) is 17.5 Å². The van der Waals surface area contributed by atoms with Crippen molar-refractivity contribution >= 4 is 41.2 Å². The van der Waals surface area contributed by atoms with E-state index in [0.717, 1.165) is 16.4 Å². The summed E-state index contributed by atoms with van der Waals surface area (Å²) in [5.41, 5.74) is 0. The van der Waals surface area contributed by atoms with Crippen LogP contribution in [-0.2, 0) is 11.3 Å². The molecule has 3 aromatic rings. The van der Waals surface area contributed by atoms with Gasteiger partial charge in [-0.3, -0.25) is 9.89 Å². The van der Waals surface area contributed by atoms with Crippen molar-refractivity contribution in [1.82, 2.24) is 20.1 Å². The van der Waals surface area contributed by atoms with E-state index in [-0.39, 0.29) is 11.7 Å². The fourth-order valence-electron chi connectivity index (χ4n) is 2.07. The quantitative estimate of drug-likeness (QED) is 0.639. The van der Waals surface area contributed by atoms with E-state index in [1.807, 2.05) is 48.7 Å².